The fraction of sp³-hybridized carbons (Fsp3) is 0.357. The summed E-state index contributed by atoms with van der Waals surface area (Å²) in [5, 5.41) is 1.24. The zero-order valence-corrected chi connectivity index (χ0v) is 11.5. The highest BCUT2D eigenvalue weighted by molar-refractivity contribution is 6.35. The van der Waals surface area contributed by atoms with Gasteiger partial charge >= 0.3 is 0 Å². The number of hydrogen-bond donors (Lipinski definition) is 0. The van der Waals surface area contributed by atoms with Crippen LogP contribution in [-0.2, 0) is 4.74 Å². The van der Waals surface area contributed by atoms with Gasteiger partial charge in [0.25, 0.3) is 0 Å². The van der Waals surface area contributed by atoms with Gasteiger partial charge in [0.2, 0.25) is 0 Å². The minimum Gasteiger partial charge on any atom is -0.493 e. The number of hydrogen-bond acceptors (Lipinski definition) is 1. The van der Waals surface area contributed by atoms with Crippen LogP contribution in [-0.4, -0.2) is 6.61 Å². The van der Waals surface area contributed by atoms with Crippen LogP contribution >= 0.6 is 23.2 Å². The molecule has 0 heterocycles. The van der Waals surface area contributed by atoms with E-state index in [0.717, 1.165) is 30.6 Å². The van der Waals surface area contributed by atoms with Crippen LogP contribution in [0, 0.1) is 6.92 Å². The van der Waals surface area contributed by atoms with E-state index < -0.39 is 0 Å². The van der Waals surface area contributed by atoms with Crippen molar-refractivity contribution in [2.45, 2.75) is 26.2 Å². The lowest BCUT2D eigenvalue weighted by Gasteiger charge is -2.11. The van der Waals surface area contributed by atoms with Gasteiger partial charge in [-0.05, 0) is 37.6 Å². The molecule has 17 heavy (non-hydrogen) atoms. The normalized spacial score (nSPS) is 11.6. The van der Waals surface area contributed by atoms with Crippen molar-refractivity contribution in [3.63, 3.8) is 0 Å². The molecule has 0 N–H and O–H groups in total. The molecule has 0 aliphatic carbocycles. The summed E-state index contributed by atoms with van der Waals surface area (Å²) in [6.45, 7) is 6.42. The van der Waals surface area contributed by atoms with Gasteiger partial charge < -0.3 is 4.74 Å². The number of allylic oxidation sites excluding steroid dienone is 1. The number of halogens is 2. The minimum absolute atomic E-state index is 0.614. The molecule has 0 bridgehead atoms. The predicted molar refractivity (Wildman–Crippen MR) is 75.3 cm³/mol. The van der Waals surface area contributed by atoms with Gasteiger partial charge in [-0.3, -0.25) is 0 Å². The molecule has 0 aliphatic heterocycles. The van der Waals surface area contributed by atoms with E-state index in [1.165, 1.54) is 0 Å². The fourth-order valence-corrected chi connectivity index (χ4v) is 1.97. The first-order chi connectivity index (χ1) is 8.19. The maximum absolute atomic E-state index is 6.13. The Morgan fingerprint density at radius 1 is 1.35 bits per heavy atom. The first-order valence-corrected chi connectivity index (χ1v) is 6.48. The maximum atomic E-state index is 6.13. The third-order valence-electron chi connectivity index (χ3n) is 2.36. The average Bonchev–Trinajstić information content (AvgIpc) is 2.31. The standard InChI is InChI=1S/C14H17Cl2O/c1-3-5-6-9-17-14(4-2)12-8-7-11(15)10-13(12)16/h4,7-8,10H,1,3,5-6,9H2,2H3. The summed E-state index contributed by atoms with van der Waals surface area (Å²) in [4.78, 5) is 0. The lowest BCUT2D eigenvalue weighted by molar-refractivity contribution is 0.268. The van der Waals surface area contributed by atoms with Crippen molar-refractivity contribution < 1.29 is 4.74 Å². The van der Waals surface area contributed by atoms with Gasteiger partial charge in [-0.15, -0.1) is 0 Å². The van der Waals surface area contributed by atoms with Crippen molar-refractivity contribution in [1.29, 1.82) is 0 Å². The Balaban J connectivity index is 2.67. The van der Waals surface area contributed by atoms with Crippen LogP contribution in [0.2, 0.25) is 10.0 Å². The number of unbranched alkanes of at least 4 members (excludes halogenated alkanes) is 2. The van der Waals surface area contributed by atoms with E-state index in [1.807, 2.05) is 25.1 Å². The summed E-state index contributed by atoms with van der Waals surface area (Å²) < 4.78 is 5.71. The molecule has 0 saturated heterocycles. The SMILES string of the molecule is [CH2]CCCCOC(=CC)c1ccc(Cl)cc1Cl. The summed E-state index contributed by atoms with van der Waals surface area (Å²) in [7, 11) is 0. The largest absolute Gasteiger partial charge is 0.493 e. The van der Waals surface area contributed by atoms with E-state index in [4.69, 9.17) is 27.9 Å². The van der Waals surface area contributed by atoms with Crippen LogP contribution in [0.1, 0.15) is 31.7 Å². The summed E-state index contributed by atoms with van der Waals surface area (Å²) >= 11 is 12.0. The van der Waals surface area contributed by atoms with Crippen molar-refractivity contribution in [1.82, 2.24) is 0 Å². The Morgan fingerprint density at radius 2 is 2.12 bits per heavy atom. The van der Waals surface area contributed by atoms with Crippen molar-refractivity contribution in [2.24, 2.45) is 0 Å². The molecular formula is C14H17Cl2O. The van der Waals surface area contributed by atoms with Crippen LogP contribution in [0.15, 0.2) is 24.3 Å². The second kappa shape index (κ2) is 7.62. The molecule has 0 spiro atoms. The molecule has 0 unspecified atom stereocenters. The zero-order valence-electron chi connectivity index (χ0n) is 10.0. The van der Waals surface area contributed by atoms with E-state index in [9.17, 15) is 0 Å². The van der Waals surface area contributed by atoms with Gasteiger partial charge in [-0.1, -0.05) is 43.0 Å². The molecule has 1 rings (SSSR count). The van der Waals surface area contributed by atoms with Gasteiger partial charge in [0.05, 0.1) is 11.6 Å². The molecular weight excluding hydrogens is 255 g/mol. The van der Waals surface area contributed by atoms with Gasteiger partial charge in [0, 0.05) is 10.6 Å². The summed E-state index contributed by atoms with van der Waals surface area (Å²) in [5.41, 5.74) is 0.883. The minimum atomic E-state index is 0.614. The topological polar surface area (TPSA) is 9.23 Å². The van der Waals surface area contributed by atoms with Crippen molar-refractivity contribution >= 4 is 29.0 Å². The number of benzene rings is 1. The van der Waals surface area contributed by atoms with E-state index in [1.54, 1.807) is 6.07 Å². The quantitative estimate of drug-likeness (QED) is 0.499. The van der Waals surface area contributed by atoms with E-state index in [2.05, 4.69) is 6.92 Å². The Bertz CT molecular complexity index is 386. The highest BCUT2D eigenvalue weighted by Crippen LogP contribution is 2.27. The Hall–Kier alpha value is -0.660. The summed E-state index contributed by atoms with van der Waals surface area (Å²) in [6, 6.07) is 5.41. The van der Waals surface area contributed by atoms with Crippen LogP contribution in [0.25, 0.3) is 5.76 Å². The number of rotatable bonds is 6. The van der Waals surface area contributed by atoms with Gasteiger partial charge in [-0.2, -0.15) is 0 Å². The molecule has 3 heteroatoms. The van der Waals surface area contributed by atoms with Crippen molar-refractivity contribution in [3.8, 4) is 0 Å². The van der Waals surface area contributed by atoms with Crippen LogP contribution in [0.4, 0.5) is 0 Å². The molecule has 0 amide bonds. The van der Waals surface area contributed by atoms with E-state index in [-0.39, 0.29) is 0 Å². The predicted octanol–water partition coefficient (Wildman–Crippen LogP) is 5.38. The highest BCUT2D eigenvalue weighted by Gasteiger charge is 2.07. The zero-order chi connectivity index (χ0) is 12.7. The third kappa shape index (κ3) is 4.61. The summed E-state index contributed by atoms with van der Waals surface area (Å²) in [5.74, 6) is 0.802. The highest BCUT2D eigenvalue weighted by atomic mass is 35.5. The molecule has 93 valence electrons. The Labute approximate surface area is 113 Å². The molecule has 0 saturated carbocycles. The fourth-order valence-electron chi connectivity index (χ4n) is 1.47. The maximum Gasteiger partial charge on any atom is 0.123 e. The molecule has 1 nitrogen and oxygen atoms in total. The molecule has 1 aromatic rings. The van der Waals surface area contributed by atoms with Gasteiger partial charge in [0.1, 0.15) is 5.76 Å². The van der Waals surface area contributed by atoms with Gasteiger partial charge in [0.15, 0.2) is 0 Å². The van der Waals surface area contributed by atoms with Crippen LogP contribution in [0.5, 0.6) is 0 Å². The second-order valence-electron chi connectivity index (χ2n) is 3.69. The smallest absolute Gasteiger partial charge is 0.123 e. The molecule has 0 fully saturated rings. The lowest BCUT2D eigenvalue weighted by Crippen LogP contribution is -1.95. The lowest BCUT2D eigenvalue weighted by atomic mass is 10.2. The van der Waals surface area contributed by atoms with Crippen LogP contribution < -0.4 is 0 Å². The summed E-state index contributed by atoms with van der Waals surface area (Å²) in [6.07, 6.45) is 4.94. The van der Waals surface area contributed by atoms with Gasteiger partial charge in [-0.25, -0.2) is 0 Å². The molecule has 1 radical (unpaired) electrons. The average molecular weight is 272 g/mol. The first-order valence-electron chi connectivity index (χ1n) is 5.72. The van der Waals surface area contributed by atoms with E-state index >= 15 is 0 Å². The molecule has 1 aromatic carbocycles. The Morgan fingerprint density at radius 3 is 2.71 bits per heavy atom. The molecule has 0 aliphatic rings. The van der Waals surface area contributed by atoms with Crippen LogP contribution in [0.3, 0.4) is 0 Å². The monoisotopic (exact) mass is 271 g/mol. The molecule has 0 atom stereocenters. The number of ether oxygens (including phenoxy) is 1. The molecule has 0 aromatic heterocycles. The van der Waals surface area contributed by atoms with E-state index in [0.29, 0.717) is 16.7 Å². The third-order valence-corrected chi connectivity index (χ3v) is 2.91. The second-order valence-corrected chi connectivity index (χ2v) is 4.53. The van der Waals surface area contributed by atoms with Crippen molar-refractivity contribution in [2.75, 3.05) is 6.61 Å². The Kier molecular flexibility index (Phi) is 6.46. The first kappa shape index (κ1) is 14.4. The van der Waals surface area contributed by atoms with Crippen molar-refractivity contribution in [3.05, 3.63) is 46.8 Å².